The van der Waals surface area contributed by atoms with Crippen molar-refractivity contribution >= 4 is 5.82 Å². The fourth-order valence-corrected chi connectivity index (χ4v) is 1.99. The second-order valence-corrected chi connectivity index (χ2v) is 4.41. The van der Waals surface area contributed by atoms with Crippen molar-refractivity contribution in [3.8, 4) is 11.3 Å². The minimum absolute atomic E-state index is 0.249. The molecular formula is C14H16FN3. The van der Waals surface area contributed by atoms with Crippen LogP contribution in [0.15, 0.2) is 18.2 Å². The first-order valence-electron chi connectivity index (χ1n) is 5.82. The maximum Gasteiger partial charge on any atom is 0.151 e. The molecule has 0 spiro atoms. The zero-order valence-electron chi connectivity index (χ0n) is 11.0. The molecule has 4 heteroatoms. The molecule has 0 aliphatic rings. The van der Waals surface area contributed by atoms with E-state index in [4.69, 9.17) is 0 Å². The highest BCUT2D eigenvalue weighted by molar-refractivity contribution is 5.67. The van der Waals surface area contributed by atoms with E-state index in [9.17, 15) is 4.39 Å². The molecule has 0 radical (unpaired) electrons. The molecule has 94 valence electrons. The van der Waals surface area contributed by atoms with E-state index in [0.29, 0.717) is 0 Å². The Hall–Kier alpha value is -1.97. The van der Waals surface area contributed by atoms with Crippen molar-refractivity contribution in [3.63, 3.8) is 0 Å². The molecule has 0 saturated carbocycles. The second kappa shape index (κ2) is 4.72. The molecule has 0 bridgehead atoms. The van der Waals surface area contributed by atoms with E-state index in [2.05, 4.69) is 15.5 Å². The topological polar surface area (TPSA) is 37.8 Å². The van der Waals surface area contributed by atoms with Gasteiger partial charge in [0.25, 0.3) is 0 Å². The number of benzene rings is 1. The Kier molecular flexibility index (Phi) is 3.28. The van der Waals surface area contributed by atoms with Gasteiger partial charge in [-0.25, -0.2) is 4.39 Å². The van der Waals surface area contributed by atoms with Crippen molar-refractivity contribution in [1.82, 2.24) is 10.2 Å². The number of aryl methyl sites for hydroxylation is 1. The Balaban J connectivity index is 2.61. The lowest BCUT2D eigenvalue weighted by molar-refractivity contribution is 0.627. The van der Waals surface area contributed by atoms with Crippen molar-refractivity contribution in [2.45, 2.75) is 20.8 Å². The summed E-state index contributed by atoms with van der Waals surface area (Å²) >= 11 is 0. The third kappa shape index (κ3) is 2.18. The fraction of sp³-hybridized carbons (Fsp3) is 0.286. The molecule has 0 aliphatic carbocycles. The van der Waals surface area contributed by atoms with E-state index in [1.165, 1.54) is 12.1 Å². The largest absolute Gasteiger partial charge is 0.371 e. The van der Waals surface area contributed by atoms with Gasteiger partial charge in [0, 0.05) is 12.6 Å². The van der Waals surface area contributed by atoms with Crippen LogP contribution in [0.4, 0.5) is 10.2 Å². The molecule has 0 fully saturated rings. The third-order valence-corrected chi connectivity index (χ3v) is 3.08. The summed E-state index contributed by atoms with van der Waals surface area (Å²) in [7, 11) is 1.81. The van der Waals surface area contributed by atoms with Gasteiger partial charge in [-0.05, 0) is 55.7 Å². The smallest absolute Gasteiger partial charge is 0.151 e. The summed E-state index contributed by atoms with van der Waals surface area (Å²) in [5, 5.41) is 11.3. The highest BCUT2D eigenvalue weighted by atomic mass is 19.1. The summed E-state index contributed by atoms with van der Waals surface area (Å²) in [6, 6.07) is 4.90. The van der Waals surface area contributed by atoms with E-state index in [-0.39, 0.29) is 5.82 Å². The molecule has 0 aliphatic heterocycles. The average Bonchev–Trinajstić information content (AvgIpc) is 2.31. The van der Waals surface area contributed by atoms with Gasteiger partial charge < -0.3 is 5.32 Å². The van der Waals surface area contributed by atoms with Gasteiger partial charge in [0.1, 0.15) is 5.82 Å². The Labute approximate surface area is 106 Å². The zero-order valence-corrected chi connectivity index (χ0v) is 11.0. The average molecular weight is 245 g/mol. The number of rotatable bonds is 2. The molecule has 0 amide bonds. The molecular weight excluding hydrogens is 229 g/mol. The highest BCUT2D eigenvalue weighted by Gasteiger charge is 2.11. The normalized spacial score (nSPS) is 10.5. The molecule has 18 heavy (non-hydrogen) atoms. The van der Waals surface area contributed by atoms with Gasteiger partial charge in [0.2, 0.25) is 0 Å². The van der Waals surface area contributed by atoms with E-state index < -0.39 is 0 Å². The van der Waals surface area contributed by atoms with Gasteiger partial charge in [0.15, 0.2) is 5.82 Å². The molecule has 1 heterocycles. The van der Waals surface area contributed by atoms with E-state index >= 15 is 0 Å². The van der Waals surface area contributed by atoms with E-state index in [0.717, 1.165) is 33.8 Å². The lowest BCUT2D eigenvalue weighted by Gasteiger charge is -2.11. The summed E-state index contributed by atoms with van der Waals surface area (Å²) in [5.74, 6) is 0.505. The molecule has 2 aromatic rings. The van der Waals surface area contributed by atoms with Gasteiger partial charge in [-0.2, -0.15) is 0 Å². The first kappa shape index (κ1) is 12.5. The molecule has 0 unspecified atom stereocenters. The van der Waals surface area contributed by atoms with Gasteiger partial charge >= 0.3 is 0 Å². The summed E-state index contributed by atoms with van der Waals surface area (Å²) in [4.78, 5) is 0. The number of hydrogen-bond donors (Lipinski definition) is 1. The van der Waals surface area contributed by atoms with E-state index in [1.54, 1.807) is 0 Å². The van der Waals surface area contributed by atoms with Gasteiger partial charge in [-0.1, -0.05) is 0 Å². The molecule has 1 aromatic carbocycles. The zero-order chi connectivity index (χ0) is 13.3. The quantitative estimate of drug-likeness (QED) is 0.882. The first-order valence-corrected chi connectivity index (χ1v) is 5.82. The maximum absolute atomic E-state index is 13.4. The summed E-state index contributed by atoms with van der Waals surface area (Å²) in [6.45, 7) is 5.82. The van der Waals surface area contributed by atoms with Crippen molar-refractivity contribution in [3.05, 3.63) is 40.7 Å². The minimum Gasteiger partial charge on any atom is -0.371 e. The van der Waals surface area contributed by atoms with Crippen LogP contribution in [0.1, 0.15) is 16.7 Å². The maximum atomic E-state index is 13.4. The minimum atomic E-state index is -0.249. The first-order chi connectivity index (χ1) is 8.52. The SMILES string of the molecule is CNc1nnc(-c2cc(C)cc(F)c2)c(C)c1C. The Bertz CT molecular complexity index is 574. The van der Waals surface area contributed by atoms with Crippen LogP contribution in [0, 0.1) is 26.6 Å². The van der Waals surface area contributed by atoms with Crippen molar-refractivity contribution in [2.24, 2.45) is 0 Å². The molecule has 2 rings (SSSR count). The summed E-state index contributed by atoms with van der Waals surface area (Å²) in [6.07, 6.45) is 0. The van der Waals surface area contributed by atoms with Crippen LogP contribution in [0.3, 0.4) is 0 Å². The van der Waals surface area contributed by atoms with Gasteiger partial charge in [-0.3, -0.25) is 0 Å². The van der Waals surface area contributed by atoms with Crippen LogP contribution >= 0.6 is 0 Å². The number of halogens is 1. The lowest BCUT2D eigenvalue weighted by atomic mass is 10.0. The van der Waals surface area contributed by atoms with Crippen molar-refractivity contribution in [1.29, 1.82) is 0 Å². The molecule has 3 nitrogen and oxygen atoms in total. The number of aromatic nitrogens is 2. The number of anilines is 1. The Morgan fingerprint density at radius 1 is 1.00 bits per heavy atom. The second-order valence-electron chi connectivity index (χ2n) is 4.41. The Morgan fingerprint density at radius 2 is 1.72 bits per heavy atom. The van der Waals surface area contributed by atoms with Crippen LogP contribution in [-0.2, 0) is 0 Å². The number of nitrogens with zero attached hydrogens (tertiary/aromatic N) is 2. The molecule has 1 aromatic heterocycles. The number of nitrogens with one attached hydrogen (secondary N) is 1. The van der Waals surface area contributed by atoms with E-state index in [1.807, 2.05) is 33.9 Å². The third-order valence-electron chi connectivity index (χ3n) is 3.08. The van der Waals surface area contributed by atoms with Crippen LogP contribution in [0.5, 0.6) is 0 Å². The lowest BCUT2D eigenvalue weighted by Crippen LogP contribution is -2.03. The molecule has 0 atom stereocenters. The van der Waals surface area contributed by atoms with Gasteiger partial charge in [0.05, 0.1) is 5.69 Å². The predicted molar refractivity (Wildman–Crippen MR) is 71.2 cm³/mol. The van der Waals surface area contributed by atoms with Crippen LogP contribution in [0.25, 0.3) is 11.3 Å². The summed E-state index contributed by atoms with van der Waals surface area (Å²) < 4.78 is 13.4. The number of hydrogen-bond acceptors (Lipinski definition) is 3. The monoisotopic (exact) mass is 245 g/mol. The van der Waals surface area contributed by atoms with Crippen molar-refractivity contribution in [2.75, 3.05) is 12.4 Å². The van der Waals surface area contributed by atoms with Crippen LogP contribution < -0.4 is 5.32 Å². The molecule has 1 N–H and O–H groups in total. The highest BCUT2D eigenvalue weighted by Crippen LogP contribution is 2.26. The van der Waals surface area contributed by atoms with Crippen molar-refractivity contribution < 1.29 is 4.39 Å². The molecule has 0 saturated heterocycles. The van der Waals surface area contributed by atoms with Crippen LogP contribution in [-0.4, -0.2) is 17.2 Å². The van der Waals surface area contributed by atoms with Crippen LogP contribution in [0.2, 0.25) is 0 Å². The van der Waals surface area contributed by atoms with Gasteiger partial charge in [-0.15, -0.1) is 10.2 Å². The predicted octanol–water partition coefficient (Wildman–Crippen LogP) is 3.25. The Morgan fingerprint density at radius 3 is 2.33 bits per heavy atom. The standard InChI is InChI=1S/C14H16FN3/c1-8-5-11(7-12(15)6-8)13-9(2)10(3)14(16-4)18-17-13/h5-7H,1-4H3,(H,16,18). The fourth-order valence-electron chi connectivity index (χ4n) is 1.99. The summed E-state index contributed by atoms with van der Waals surface area (Å²) in [5.41, 5.74) is 4.42.